The summed E-state index contributed by atoms with van der Waals surface area (Å²) in [6.07, 6.45) is 3.83. The predicted octanol–water partition coefficient (Wildman–Crippen LogP) is 2.69. The van der Waals surface area contributed by atoms with Gasteiger partial charge in [-0.1, -0.05) is 33.6 Å². The van der Waals surface area contributed by atoms with Crippen LogP contribution in [0.5, 0.6) is 0 Å². The van der Waals surface area contributed by atoms with Crippen LogP contribution in [0.3, 0.4) is 0 Å². The van der Waals surface area contributed by atoms with Crippen LogP contribution in [0.15, 0.2) is 0 Å². The second-order valence-electron chi connectivity index (χ2n) is 2.72. The zero-order valence-corrected chi connectivity index (χ0v) is 7.35. The van der Waals surface area contributed by atoms with E-state index in [9.17, 15) is 0 Å². The van der Waals surface area contributed by atoms with E-state index in [-0.39, 0.29) is 0 Å². The van der Waals surface area contributed by atoms with Crippen molar-refractivity contribution in [2.45, 2.75) is 33.6 Å². The van der Waals surface area contributed by atoms with Crippen LogP contribution < -0.4 is 0 Å². The first kappa shape index (κ1) is 8.43. The maximum Gasteiger partial charge on any atom is -0.0297 e. The highest BCUT2D eigenvalue weighted by atomic mass is 31.0. The van der Waals surface area contributed by atoms with Crippen LogP contribution in [-0.2, 0) is 0 Å². The highest BCUT2D eigenvalue weighted by Gasteiger charge is 2.15. The molecule has 0 saturated carbocycles. The van der Waals surface area contributed by atoms with Crippen LogP contribution in [0.25, 0.3) is 0 Å². The van der Waals surface area contributed by atoms with Gasteiger partial charge in [-0.15, -0.1) is 9.24 Å². The summed E-state index contributed by atoms with van der Waals surface area (Å²) < 4.78 is 0. The number of hydrogen-bond donors (Lipinski definition) is 0. The average molecular weight is 132 g/mol. The summed E-state index contributed by atoms with van der Waals surface area (Å²) in [4.78, 5) is 0. The molecule has 0 saturated heterocycles. The smallest absolute Gasteiger partial charge is 0.0297 e. The average Bonchev–Trinajstić information content (AvgIpc) is 1.87. The molecule has 0 aliphatic heterocycles. The number of hydrogen-bond acceptors (Lipinski definition) is 0. The van der Waals surface area contributed by atoms with E-state index in [0.717, 1.165) is 0 Å². The monoisotopic (exact) mass is 132 g/mol. The maximum absolute atomic E-state index is 2.81. The van der Waals surface area contributed by atoms with Crippen molar-refractivity contribution in [3.05, 3.63) is 0 Å². The first-order valence-electron chi connectivity index (χ1n) is 3.38. The second kappa shape index (κ2) is 3.45. The van der Waals surface area contributed by atoms with Crippen molar-refractivity contribution in [1.29, 1.82) is 0 Å². The van der Waals surface area contributed by atoms with Crippen LogP contribution in [0.4, 0.5) is 0 Å². The lowest BCUT2D eigenvalue weighted by Crippen LogP contribution is -2.14. The third kappa shape index (κ3) is 2.13. The summed E-state index contributed by atoms with van der Waals surface area (Å²) in [6, 6.07) is 0. The normalized spacial score (nSPS) is 12.0. The lowest BCUT2D eigenvalue weighted by molar-refractivity contribution is 0.347. The van der Waals surface area contributed by atoms with Crippen LogP contribution in [0.1, 0.15) is 33.6 Å². The minimum absolute atomic E-state index is 0.588. The van der Waals surface area contributed by atoms with Gasteiger partial charge in [-0.2, -0.15) is 0 Å². The Kier molecular flexibility index (Phi) is 3.64. The lowest BCUT2D eigenvalue weighted by Gasteiger charge is -2.23. The molecule has 0 radical (unpaired) electrons. The molecule has 0 aromatic carbocycles. The second-order valence-corrected chi connectivity index (χ2v) is 3.13. The van der Waals surface area contributed by atoms with E-state index >= 15 is 0 Å². The van der Waals surface area contributed by atoms with Crippen molar-refractivity contribution in [2.24, 2.45) is 5.41 Å². The largest absolute Gasteiger partial charge is 0.137 e. The van der Waals surface area contributed by atoms with E-state index in [1.165, 1.54) is 19.0 Å². The van der Waals surface area contributed by atoms with Gasteiger partial charge in [0.05, 0.1) is 0 Å². The molecule has 8 heavy (non-hydrogen) atoms. The molecular weight excluding hydrogens is 115 g/mol. The quantitative estimate of drug-likeness (QED) is 0.518. The highest BCUT2D eigenvalue weighted by molar-refractivity contribution is 7.16. The van der Waals surface area contributed by atoms with Gasteiger partial charge in [0, 0.05) is 0 Å². The summed E-state index contributed by atoms with van der Waals surface area (Å²) in [7, 11) is 2.81. The zero-order chi connectivity index (χ0) is 6.62. The Morgan fingerprint density at radius 2 is 1.62 bits per heavy atom. The van der Waals surface area contributed by atoms with Crippen LogP contribution in [0.2, 0.25) is 0 Å². The molecule has 0 spiro atoms. The van der Waals surface area contributed by atoms with Crippen molar-refractivity contribution in [3.8, 4) is 0 Å². The molecular formula is C7H17P. The van der Waals surface area contributed by atoms with Crippen molar-refractivity contribution >= 4 is 9.24 Å². The molecule has 50 valence electrons. The summed E-state index contributed by atoms with van der Waals surface area (Å²) in [5.41, 5.74) is 0.588. The van der Waals surface area contributed by atoms with E-state index in [1.807, 2.05) is 0 Å². The molecule has 1 heteroatoms. The molecule has 0 aromatic rings. The summed E-state index contributed by atoms with van der Waals surface area (Å²) in [6.45, 7) is 6.85. The molecule has 0 bridgehead atoms. The first-order valence-corrected chi connectivity index (χ1v) is 4.20. The van der Waals surface area contributed by atoms with E-state index in [2.05, 4.69) is 30.0 Å². The third-order valence-electron chi connectivity index (χ3n) is 2.20. The van der Waals surface area contributed by atoms with Gasteiger partial charge >= 0.3 is 0 Å². The standard InChI is InChI=1S/C7H17P/c1-4-7(3,5-2)6-8/h4-6,8H2,1-3H3. The number of rotatable bonds is 3. The van der Waals surface area contributed by atoms with E-state index < -0.39 is 0 Å². The molecule has 0 fully saturated rings. The molecule has 0 aliphatic carbocycles. The van der Waals surface area contributed by atoms with Gasteiger partial charge in [0.1, 0.15) is 0 Å². The van der Waals surface area contributed by atoms with Gasteiger partial charge in [0.15, 0.2) is 0 Å². The molecule has 0 rings (SSSR count). The minimum atomic E-state index is 0.588. The van der Waals surface area contributed by atoms with Gasteiger partial charge in [-0.3, -0.25) is 0 Å². The van der Waals surface area contributed by atoms with Gasteiger partial charge in [0.2, 0.25) is 0 Å². The van der Waals surface area contributed by atoms with E-state index in [0.29, 0.717) is 5.41 Å². The third-order valence-corrected chi connectivity index (χ3v) is 3.19. The van der Waals surface area contributed by atoms with Crippen molar-refractivity contribution in [1.82, 2.24) is 0 Å². The van der Waals surface area contributed by atoms with Gasteiger partial charge in [0.25, 0.3) is 0 Å². The Labute approximate surface area is 55.3 Å². The van der Waals surface area contributed by atoms with Crippen molar-refractivity contribution in [3.63, 3.8) is 0 Å². The fourth-order valence-corrected chi connectivity index (χ4v) is 1.12. The first-order chi connectivity index (χ1) is 3.68. The van der Waals surface area contributed by atoms with E-state index in [1.54, 1.807) is 0 Å². The topological polar surface area (TPSA) is 0 Å². The molecule has 0 amide bonds. The van der Waals surface area contributed by atoms with Crippen LogP contribution in [-0.4, -0.2) is 6.16 Å². The van der Waals surface area contributed by atoms with Crippen LogP contribution in [0, 0.1) is 5.41 Å². The van der Waals surface area contributed by atoms with Gasteiger partial charge in [-0.05, 0) is 11.6 Å². The summed E-state index contributed by atoms with van der Waals surface area (Å²) in [5, 5.41) is 0. The predicted molar refractivity (Wildman–Crippen MR) is 43.3 cm³/mol. The van der Waals surface area contributed by atoms with Gasteiger partial charge in [-0.25, -0.2) is 0 Å². The molecule has 0 aromatic heterocycles. The Hall–Kier alpha value is 0.430. The molecule has 1 unspecified atom stereocenters. The fraction of sp³-hybridized carbons (Fsp3) is 1.00. The SMILES string of the molecule is CCC(C)(CC)CP. The van der Waals surface area contributed by atoms with Crippen LogP contribution >= 0.6 is 9.24 Å². The zero-order valence-electron chi connectivity index (χ0n) is 6.20. The van der Waals surface area contributed by atoms with E-state index in [4.69, 9.17) is 0 Å². The molecule has 1 atom stereocenters. The Morgan fingerprint density at radius 3 is 1.62 bits per heavy atom. The highest BCUT2D eigenvalue weighted by Crippen LogP contribution is 2.26. The maximum atomic E-state index is 2.81. The molecule has 0 heterocycles. The summed E-state index contributed by atoms with van der Waals surface area (Å²) >= 11 is 0. The Morgan fingerprint density at radius 1 is 1.25 bits per heavy atom. The summed E-state index contributed by atoms with van der Waals surface area (Å²) in [5.74, 6) is 0. The molecule has 0 aliphatic rings. The van der Waals surface area contributed by atoms with Crippen molar-refractivity contribution in [2.75, 3.05) is 6.16 Å². The fourth-order valence-electron chi connectivity index (χ4n) is 0.539. The minimum Gasteiger partial charge on any atom is -0.137 e. The molecule has 0 N–H and O–H groups in total. The molecule has 0 nitrogen and oxygen atoms in total. The lowest BCUT2D eigenvalue weighted by atomic mass is 9.87. The Bertz CT molecular complexity index is 47.1. The van der Waals surface area contributed by atoms with Crippen molar-refractivity contribution < 1.29 is 0 Å². The Balaban J connectivity index is 3.58. The van der Waals surface area contributed by atoms with Gasteiger partial charge < -0.3 is 0 Å².